The molecule has 2 aromatic rings. The fraction of sp³-hybridized carbons (Fsp3) is 0.409. The third kappa shape index (κ3) is 6.46. The molecule has 0 fully saturated rings. The second-order valence-electron chi connectivity index (χ2n) is 7.50. The summed E-state index contributed by atoms with van der Waals surface area (Å²) in [4.78, 5) is 12.1. The van der Waals surface area contributed by atoms with Gasteiger partial charge in [-0.1, -0.05) is 30.3 Å². The summed E-state index contributed by atoms with van der Waals surface area (Å²) in [6.45, 7) is 9.71. The topological polar surface area (TPSA) is 64.6 Å². The Hall–Kier alpha value is -2.18. The van der Waals surface area contributed by atoms with E-state index >= 15 is 0 Å². The number of para-hydroxylation sites is 1. The molecule has 2 atom stereocenters. The zero-order valence-corrected chi connectivity index (χ0v) is 18.0. The van der Waals surface area contributed by atoms with Gasteiger partial charge in [-0.2, -0.15) is 0 Å². The van der Waals surface area contributed by atoms with Crippen LogP contribution < -0.4 is 9.46 Å². The molecule has 0 saturated heterocycles. The van der Waals surface area contributed by atoms with E-state index < -0.39 is 21.8 Å². The Morgan fingerprint density at radius 3 is 2.50 bits per heavy atom. The molecular weight excluding hydrogens is 374 g/mol. The van der Waals surface area contributed by atoms with Crippen LogP contribution in [0.4, 0.5) is 0 Å². The van der Waals surface area contributed by atoms with Gasteiger partial charge in [0, 0.05) is 0 Å². The van der Waals surface area contributed by atoms with Crippen molar-refractivity contribution in [3.8, 4) is 11.5 Å². The van der Waals surface area contributed by atoms with Gasteiger partial charge < -0.3 is 9.47 Å². The first-order valence-corrected chi connectivity index (χ1v) is 10.5. The number of hydrogen-bond acceptors (Lipinski definition) is 4. The maximum absolute atomic E-state index is 12.6. The number of nitrogens with one attached hydrogen (secondary N) is 1. The van der Waals surface area contributed by atoms with Crippen molar-refractivity contribution in [3.05, 3.63) is 59.7 Å². The van der Waals surface area contributed by atoms with Crippen molar-refractivity contribution in [2.75, 3.05) is 6.61 Å². The number of carbonyl (C=O) groups excluding carboxylic acids is 1. The molecule has 0 heterocycles. The lowest BCUT2D eigenvalue weighted by Crippen LogP contribution is -2.36. The SMILES string of the molecule is CCOC(=O)C[C@H](N[S@](=O)C(C)(C)C)c1cccc(Oc2ccccc2C)c1. The van der Waals surface area contributed by atoms with E-state index in [1.807, 2.05) is 76.2 Å². The molecular formula is C22H29NO4S. The minimum absolute atomic E-state index is 0.0868. The van der Waals surface area contributed by atoms with Crippen LogP contribution in [0.2, 0.25) is 0 Å². The Morgan fingerprint density at radius 1 is 1.14 bits per heavy atom. The number of carbonyl (C=O) groups is 1. The van der Waals surface area contributed by atoms with Crippen molar-refractivity contribution in [1.29, 1.82) is 0 Å². The number of esters is 1. The van der Waals surface area contributed by atoms with Crippen LogP contribution in [0.5, 0.6) is 11.5 Å². The summed E-state index contributed by atoms with van der Waals surface area (Å²) in [5.74, 6) is 1.09. The van der Waals surface area contributed by atoms with E-state index in [9.17, 15) is 9.00 Å². The van der Waals surface area contributed by atoms with E-state index in [1.54, 1.807) is 6.92 Å². The lowest BCUT2D eigenvalue weighted by molar-refractivity contribution is -0.143. The Bertz CT molecular complexity index is 829. The van der Waals surface area contributed by atoms with Gasteiger partial charge in [0.1, 0.15) is 11.5 Å². The smallest absolute Gasteiger partial charge is 0.307 e. The molecule has 6 heteroatoms. The lowest BCUT2D eigenvalue weighted by atomic mass is 10.0. The fourth-order valence-corrected chi connectivity index (χ4v) is 3.34. The first-order chi connectivity index (χ1) is 13.2. The van der Waals surface area contributed by atoms with Crippen LogP contribution in [0.1, 0.15) is 51.3 Å². The molecule has 1 N–H and O–H groups in total. The van der Waals surface area contributed by atoms with E-state index in [4.69, 9.17) is 9.47 Å². The predicted octanol–water partition coefficient (Wildman–Crippen LogP) is 4.83. The summed E-state index contributed by atoms with van der Waals surface area (Å²) in [7, 11) is -1.34. The van der Waals surface area contributed by atoms with Crippen LogP contribution in [0, 0.1) is 6.92 Å². The molecule has 0 spiro atoms. The van der Waals surface area contributed by atoms with Crippen LogP contribution in [-0.4, -0.2) is 21.5 Å². The zero-order chi connectivity index (χ0) is 20.7. The van der Waals surface area contributed by atoms with Crippen LogP contribution in [0.25, 0.3) is 0 Å². The molecule has 0 amide bonds. The minimum atomic E-state index is -1.34. The number of aryl methyl sites for hydroxylation is 1. The molecule has 2 aromatic carbocycles. The summed E-state index contributed by atoms with van der Waals surface area (Å²) in [5.41, 5.74) is 1.85. The van der Waals surface area contributed by atoms with Crippen LogP contribution in [0.3, 0.4) is 0 Å². The minimum Gasteiger partial charge on any atom is -0.466 e. The summed E-state index contributed by atoms with van der Waals surface area (Å²) in [6, 6.07) is 14.8. The molecule has 0 saturated carbocycles. The Labute approximate surface area is 170 Å². The quantitative estimate of drug-likeness (QED) is 0.641. The van der Waals surface area contributed by atoms with Crippen LogP contribution >= 0.6 is 0 Å². The van der Waals surface area contributed by atoms with Crippen molar-refractivity contribution in [2.24, 2.45) is 0 Å². The third-order valence-corrected chi connectivity index (χ3v) is 5.67. The second kappa shape index (κ2) is 9.85. The molecule has 0 unspecified atom stereocenters. The summed E-state index contributed by atoms with van der Waals surface area (Å²) in [6.07, 6.45) is 0.0868. The third-order valence-electron chi connectivity index (χ3n) is 4.06. The largest absolute Gasteiger partial charge is 0.466 e. The summed E-state index contributed by atoms with van der Waals surface area (Å²) >= 11 is 0. The second-order valence-corrected chi connectivity index (χ2v) is 9.50. The predicted molar refractivity (Wildman–Crippen MR) is 113 cm³/mol. The summed E-state index contributed by atoms with van der Waals surface area (Å²) < 4.78 is 26.3. The molecule has 0 radical (unpaired) electrons. The number of hydrogen-bond donors (Lipinski definition) is 1. The molecule has 0 aliphatic rings. The van der Waals surface area contributed by atoms with Gasteiger partial charge in [0.2, 0.25) is 0 Å². The first-order valence-electron chi connectivity index (χ1n) is 9.38. The van der Waals surface area contributed by atoms with E-state index in [0.717, 1.165) is 16.9 Å². The van der Waals surface area contributed by atoms with E-state index in [0.29, 0.717) is 12.4 Å². The van der Waals surface area contributed by atoms with Crippen molar-refractivity contribution in [3.63, 3.8) is 0 Å². The van der Waals surface area contributed by atoms with Crippen LogP contribution in [-0.2, 0) is 20.5 Å². The highest BCUT2D eigenvalue weighted by Crippen LogP contribution is 2.28. The first kappa shape index (κ1) is 22.1. The maximum Gasteiger partial charge on any atom is 0.307 e. The molecule has 2 rings (SSSR count). The van der Waals surface area contributed by atoms with Gasteiger partial charge in [-0.25, -0.2) is 8.93 Å². The highest BCUT2D eigenvalue weighted by molar-refractivity contribution is 7.84. The summed E-state index contributed by atoms with van der Waals surface area (Å²) in [5, 5.41) is 0. The number of ether oxygens (including phenoxy) is 2. The van der Waals surface area contributed by atoms with Crippen molar-refractivity contribution in [2.45, 2.75) is 51.8 Å². The Kier molecular flexibility index (Phi) is 7.78. The monoisotopic (exact) mass is 403 g/mol. The fourth-order valence-electron chi connectivity index (χ4n) is 2.51. The zero-order valence-electron chi connectivity index (χ0n) is 17.2. The van der Waals surface area contributed by atoms with Gasteiger partial charge in [-0.3, -0.25) is 4.79 Å². The van der Waals surface area contributed by atoms with Crippen LogP contribution in [0.15, 0.2) is 48.5 Å². The maximum atomic E-state index is 12.6. The molecule has 0 aliphatic heterocycles. The van der Waals surface area contributed by atoms with Gasteiger partial charge in [0.25, 0.3) is 0 Å². The average Bonchev–Trinajstić information content (AvgIpc) is 2.63. The van der Waals surface area contributed by atoms with E-state index in [-0.39, 0.29) is 12.4 Å². The standard InChI is InChI=1S/C22H29NO4S/c1-6-26-21(24)15-19(23-28(25)22(3,4)5)17-11-9-12-18(14-17)27-20-13-8-7-10-16(20)2/h7-14,19,23H,6,15H2,1-5H3/t19-,28+/m0/s1. The highest BCUT2D eigenvalue weighted by atomic mass is 32.2. The number of benzene rings is 2. The van der Waals surface area contributed by atoms with Gasteiger partial charge >= 0.3 is 5.97 Å². The molecule has 0 bridgehead atoms. The van der Waals surface area contributed by atoms with Gasteiger partial charge in [-0.05, 0) is 63.9 Å². The van der Waals surface area contributed by atoms with Crippen molar-refractivity contribution >= 4 is 17.0 Å². The highest BCUT2D eigenvalue weighted by Gasteiger charge is 2.26. The van der Waals surface area contributed by atoms with E-state index in [2.05, 4.69) is 4.72 Å². The molecule has 28 heavy (non-hydrogen) atoms. The average molecular weight is 404 g/mol. The number of rotatable bonds is 8. The van der Waals surface area contributed by atoms with Crippen molar-refractivity contribution < 1.29 is 18.5 Å². The molecule has 5 nitrogen and oxygen atoms in total. The van der Waals surface area contributed by atoms with Crippen molar-refractivity contribution in [1.82, 2.24) is 4.72 Å². The van der Waals surface area contributed by atoms with Gasteiger partial charge in [0.15, 0.2) is 0 Å². The lowest BCUT2D eigenvalue weighted by Gasteiger charge is -2.24. The Balaban J connectivity index is 2.27. The van der Waals surface area contributed by atoms with Gasteiger partial charge in [-0.15, -0.1) is 0 Å². The molecule has 0 aromatic heterocycles. The molecule has 0 aliphatic carbocycles. The van der Waals surface area contributed by atoms with E-state index in [1.165, 1.54) is 0 Å². The Morgan fingerprint density at radius 2 is 1.86 bits per heavy atom. The molecule has 152 valence electrons. The normalized spacial score (nSPS) is 13.6. The van der Waals surface area contributed by atoms with Gasteiger partial charge in [0.05, 0.1) is 34.8 Å².